The van der Waals surface area contributed by atoms with E-state index in [0.29, 0.717) is 37.4 Å². The fourth-order valence-electron chi connectivity index (χ4n) is 3.02. The first-order chi connectivity index (χ1) is 13.1. The molecule has 140 valence electrons. The van der Waals surface area contributed by atoms with Crippen LogP contribution in [0.4, 0.5) is 16.2 Å². The molecule has 1 aliphatic rings. The van der Waals surface area contributed by atoms with Crippen molar-refractivity contribution in [2.45, 2.75) is 0 Å². The number of amides is 2. The Kier molecular flexibility index (Phi) is 5.67. The molecule has 1 N–H and O–H groups in total. The Labute approximate surface area is 158 Å². The molecule has 0 aromatic heterocycles. The highest BCUT2D eigenvalue weighted by Crippen LogP contribution is 2.32. The summed E-state index contributed by atoms with van der Waals surface area (Å²) in [4.78, 5) is 16.4. The van der Waals surface area contributed by atoms with Gasteiger partial charge in [0.2, 0.25) is 0 Å². The number of hydrogen-bond acceptors (Lipinski definition) is 5. The molecule has 1 fully saturated rings. The SMILES string of the molecule is COc1ccc(OC)c(N2CCN(C(=O)Nc3ccc(C#N)cc3)CC2)c1. The van der Waals surface area contributed by atoms with Gasteiger partial charge in [0.1, 0.15) is 11.5 Å². The van der Waals surface area contributed by atoms with Gasteiger partial charge in [0.05, 0.1) is 31.5 Å². The van der Waals surface area contributed by atoms with Crippen molar-refractivity contribution in [3.8, 4) is 17.6 Å². The molecule has 0 saturated carbocycles. The van der Waals surface area contributed by atoms with E-state index in [-0.39, 0.29) is 6.03 Å². The predicted molar refractivity (Wildman–Crippen MR) is 104 cm³/mol. The Bertz CT molecular complexity index is 837. The minimum atomic E-state index is -0.142. The molecule has 2 aromatic carbocycles. The van der Waals surface area contributed by atoms with Gasteiger partial charge in [-0.15, -0.1) is 0 Å². The van der Waals surface area contributed by atoms with E-state index in [2.05, 4.69) is 16.3 Å². The Balaban J connectivity index is 1.61. The number of anilines is 2. The maximum Gasteiger partial charge on any atom is 0.321 e. The van der Waals surface area contributed by atoms with Crippen LogP contribution in [0, 0.1) is 11.3 Å². The molecule has 27 heavy (non-hydrogen) atoms. The number of nitrogens with one attached hydrogen (secondary N) is 1. The fraction of sp³-hybridized carbons (Fsp3) is 0.300. The molecule has 7 heteroatoms. The number of nitriles is 1. The number of ether oxygens (including phenoxy) is 2. The maximum atomic E-state index is 12.5. The number of nitrogens with zero attached hydrogens (tertiary/aromatic N) is 3. The highest BCUT2D eigenvalue weighted by atomic mass is 16.5. The third-order valence-electron chi connectivity index (χ3n) is 4.56. The van der Waals surface area contributed by atoms with Crippen molar-refractivity contribution >= 4 is 17.4 Å². The smallest absolute Gasteiger partial charge is 0.321 e. The Hall–Kier alpha value is -3.40. The second-order valence-corrected chi connectivity index (χ2v) is 6.13. The van der Waals surface area contributed by atoms with Crippen LogP contribution in [0.2, 0.25) is 0 Å². The molecule has 0 bridgehead atoms. The standard InChI is InChI=1S/C20H22N4O3/c1-26-17-7-8-19(27-2)18(13-17)23-9-11-24(12-10-23)20(25)22-16-5-3-15(14-21)4-6-16/h3-8,13H,9-12H2,1-2H3,(H,22,25). The van der Waals surface area contributed by atoms with Crippen molar-refractivity contribution in [2.75, 3.05) is 50.6 Å². The van der Waals surface area contributed by atoms with Crippen molar-refractivity contribution in [1.82, 2.24) is 4.90 Å². The van der Waals surface area contributed by atoms with E-state index < -0.39 is 0 Å². The van der Waals surface area contributed by atoms with Gasteiger partial charge in [-0.25, -0.2) is 4.79 Å². The predicted octanol–water partition coefficient (Wildman–Crippen LogP) is 2.93. The summed E-state index contributed by atoms with van der Waals surface area (Å²) in [5.41, 5.74) is 2.20. The maximum absolute atomic E-state index is 12.5. The van der Waals surface area contributed by atoms with Gasteiger partial charge in [0.15, 0.2) is 0 Å². The van der Waals surface area contributed by atoms with E-state index in [1.165, 1.54) is 0 Å². The minimum Gasteiger partial charge on any atom is -0.497 e. The van der Waals surface area contributed by atoms with Gasteiger partial charge in [-0.3, -0.25) is 0 Å². The molecule has 0 radical (unpaired) electrons. The lowest BCUT2D eigenvalue weighted by atomic mass is 10.2. The molecular weight excluding hydrogens is 344 g/mol. The van der Waals surface area contributed by atoms with Gasteiger partial charge in [-0.1, -0.05) is 0 Å². The lowest BCUT2D eigenvalue weighted by Gasteiger charge is -2.36. The third-order valence-corrected chi connectivity index (χ3v) is 4.56. The molecule has 2 amide bonds. The van der Waals surface area contributed by atoms with Gasteiger partial charge in [-0.2, -0.15) is 5.26 Å². The average Bonchev–Trinajstić information content (AvgIpc) is 2.73. The van der Waals surface area contributed by atoms with E-state index in [0.717, 1.165) is 17.2 Å². The molecule has 1 saturated heterocycles. The van der Waals surface area contributed by atoms with Gasteiger partial charge in [0, 0.05) is 37.9 Å². The molecule has 1 aliphatic heterocycles. The first kappa shape index (κ1) is 18.4. The van der Waals surface area contributed by atoms with E-state index in [1.54, 1.807) is 43.4 Å². The summed E-state index contributed by atoms with van der Waals surface area (Å²) >= 11 is 0. The minimum absolute atomic E-state index is 0.142. The largest absolute Gasteiger partial charge is 0.497 e. The highest BCUT2D eigenvalue weighted by Gasteiger charge is 2.23. The van der Waals surface area contributed by atoms with Gasteiger partial charge in [0.25, 0.3) is 0 Å². The second-order valence-electron chi connectivity index (χ2n) is 6.13. The molecule has 7 nitrogen and oxygen atoms in total. The zero-order chi connectivity index (χ0) is 19.2. The number of urea groups is 1. The summed E-state index contributed by atoms with van der Waals surface area (Å²) in [6.07, 6.45) is 0. The number of benzene rings is 2. The van der Waals surface area contributed by atoms with Crippen LogP contribution in [0.5, 0.6) is 11.5 Å². The van der Waals surface area contributed by atoms with Crippen LogP contribution in [-0.4, -0.2) is 51.3 Å². The lowest BCUT2D eigenvalue weighted by Crippen LogP contribution is -2.50. The van der Waals surface area contributed by atoms with Crippen LogP contribution in [0.3, 0.4) is 0 Å². The Morgan fingerprint density at radius 1 is 1.04 bits per heavy atom. The van der Waals surface area contributed by atoms with Crippen LogP contribution >= 0.6 is 0 Å². The molecule has 1 heterocycles. The van der Waals surface area contributed by atoms with Crippen LogP contribution in [0.1, 0.15) is 5.56 Å². The Morgan fingerprint density at radius 2 is 1.74 bits per heavy atom. The topological polar surface area (TPSA) is 77.8 Å². The van der Waals surface area contributed by atoms with Gasteiger partial charge >= 0.3 is 6.03 Å². The number of hydrogen-bond donors (Lipinski definition) is 1. The zero-order valence-electron chi connectivity index (χ0n) is 15.4. The Morgan fingerprint density at radius 3 is 2.33 bits per heavy atom. The monoisotopic (exact) mass is 366 g/mol. The third kappa shape index (κ3) is 4.23. The molecule has 0 spiro atoms. The van der Waals surface area contributed by atoms with Crippen LogP contribution < -0.4 is 19.7 Å². The first-order valence-corrected chi connectivity index (χ1v) is 8.67. The van der Waals surface area contributed by atoms with E-state index >= 15 is 0 Å². The average molecular weight is 366 g/mol. The van der Waals surface area contributed by atoms with Crippen molar-refractivity contribution in [1.29, 1.82) is 5.26 Å². The summed E-state index contributed by atoms with van der Waals surface area (Å²) in [6.45, 7) is 2.60. The number of carbonyl (C=O) groups is 1. The number of carbonyl (C=O) groups excluding carboxylic acids is 1. The summed E-state index contributed by atoms with van der Waals surface area (Å²) < 4.78 is 10.8. The van der Waals surface area contributed by atoms with E-state index in [4.69, 9.17) is 14.7 Å². The summed E-state index contributed by atoms with van der Waals surface area (Å²) in [5.74, 6) is 1.55. The molecular formula is C20H22N4O3. The first-order valence-electron chi connectivity index (χ1n) is 8.67. The van der Waals surface area contributed by atoms with Crippen molar-refractivity contribution in [3.05, 3.63) is 48.0 Å². The van der Waals surface area contributed by atoms with E-state index in [9.17, 15) is 4.79 Å². The van der Waals surface area contributed by atoms with Crippen molar-refractivity contribution in [2.24, 2.45) is 0 Å². The summed E-state index contributed by atoms with van der Waals surface area (Å²) in [7, 11) is 3.28. The zero-order valence-corrected chi connectivity index (χ0v) is 15.4. The van der Waals surface area contributed by atoms with Gasteiger partial charge in [-0.05, 0) is 36.4 Å². The molecule has 0 aliphatic carbocycles. The molecule has 0 atom stereocenters. The molecule has 3 rings (SSSR count). The quantitative estimate of drug-likeness (QED) is 0.900. The normalized spacial score (nSPS) is 13.7. The fourth-order valence-corrected chi connectivity index (χ4v) is 3.02. The van der Waals surface area contributed by atoms with Gasteiger partial charge < -0.3 is 24.6 Å². The number of methoxy groups -OCH3 is 2. The van der Waals surface area contributed by atoms with Crippen molar-refractivity contribution in [3.63, 3.8) is 0 Å². The van der Waals surface area contributed by atoms with Crippen LogP contribution in [0.15, 0.2) is 42.5 Å². The number of piperazine rings is 1. The second kappa shape index (κ2) is 8.32. The summed E-state index contributed by atoms with van der Waals surface area (Å²) in [5, 5.41) is 11.7. The van der Waals surface area contributed by atoms with Crippen LogP contribution in [-0.2, 0) is 0 Å². The number of rotatable bonds is 4. The highest BCUT2D eigenvalue weighted by molar-refractivity contribution is 5.89. The van der Waals surface area contributed by atoms with E-state index in [1.807, 2.05) is 18.2 Å². The van der Waals surface area contributed by atoms with Crippen LogP contribution in [0.25, 0.3) is 0 Å². The summed E-state index contributed by atoms with van der Waals surface area (Å²) in [6, 6.07) is 14.4. The lowest BCUT2D eigenvalue weighted by molar-refractivity contribution is 0.208. The van der Waals surface area contributed by atoms with Crippen molar-refractivity contribution < 1.29 is 14.3 Å². The molecule has 0 unspecified atom stereocenters. The molecule has 2 aromatic rings.